The molecule has 2 saturated heterocycles. The van der Waals surface area contributed by atoms with E-state index in [-0.39, 0.29) is 27.9 Å². The van der Waals surface area contributed by atoms with Gasteiger partial charge in [-0.15, -0.1) is 0 Å². The molecule has 2 aliphatic rings. The molecule has 35 heavy (non-hydrogen) atoms. The number of nitrogens with one attached hydrogen (secondary N) is 1. The van der Waals surface area contributed by atoms with Crippen LogP contribution in [0.2, 0.25) is 0 Å². The summed E-state index contributed by atoms with van der Waals surface area (Å²) in [4.78, 5) is 12.4. The number of carbonyl (C=O) groups is 1. The highest BCUT2D eigenvalue weighted by Crippen LogP contribution is 2.54. The van der Waals surface area contributed by atoms with Gasteiger partial charge in [-0.1, -0.05) is 61.5 Å². The van der Waals surface area contributed by atoms with Gasteiger partial charge in [0, 0.05) is 17.4 Å². The number of para-hydroxylation sites is 1. The third-order valence-corrected chi connectivity index (χ3v) is 9.71. The van der Waals surface area contributed by atoms with E-state index < -0.39 is 37.8 Å². The average molecular weight is 513 g/mol. The molecule has 0 saturated carbocycles. The molecule has 2 aliphatic heterocycles. The van der Waals surface area contributed by atoms with Crippen LogP contribution < -0.4 is 9.50 Å². The lowest BCUT2D eigenvalue weighted by Gasteiger charge is -2.30. The Morgan fingerprint density at radius 3 is 2.09 bits per heavy atom. The highest BCUT2D eigenvalue weighted by Gasteiger charge is 2.59. The van der Waals surface area contributed by atoms with Crippen LogP contribution in [0.4, 0.5) is 0 Å². The lowest BCUT2D eigenvalue weighted by Crippen LogP contribution is -2.47. The first-order valence-corrected chi connectivity index (χ1v) is 13.9. The molecule has 2 fully saturated rings. The number of sulfonamides is 1. The normalized spacial score (nSPS) is 24.7. The molecule has 5 rings (SSSR count). The summed E-state index contributed by atoms with van der Waals surface area (Å²) in [5.74, 6) is -0.176. The van der Waals surface area contributed by atoms with Crippen molar-refractivity contribution in [2.75, 3.05) is 0 Å². The van der Waals surface area contributed by atoms with Crippen LogP contribution in [0, 0.1) is 5.41 Å². The summed E-state index contributed by atoms with van der Waals surface area (Å²) in [6.45, 7) is 1.87. The molecule has 3 aromatic rings. The number of amides is 1. The minimum atomic E-state index is -4.15. The largest absolute Gasteiger partial charge is 0.379 e. The molecule has 1 amide bonds. The molecule has 3 aromatic carbocycles. The van der Waals surface area contributed by atoms with E-state index >= 15 is 0 Å². The fourth-order valence-electron chi connectivity index (χ4n) is 4.96. The van der Waals surface area contributed by atoms with Crippen molar-refractivity contribution in [3.8, 4) is 5.75 Å². The van der Waals surface area contributed by atoms with Crippen molar-refractivity contribution in [3.05, 3.63) is 90.5 Å². The minimum absolute atomic E-state index is 0.00826. The summed E-state index contributed by atoms with van der Waals surface area (Å²) in [6.07, 6.45) is -0.293. The van der Waals surface area contributed by atoms with Gasteiger partial charge in [0.15, 0.2) is 0 Å². The first-order valence-electron chi connectivity index (χ1n) is 11.1. The van der Waals surface area contributed by atoms with Gasteiger partial charge in [-0.3, -0.25) is 4.79 Å². The van der Waals surface area contributed by atoms with Crippen LogP contribution in [-0.2, 0) is 24.9 Å². The number of benzene rings is 3. The molecule has 10 heteroatoms. The predicted octanol–water partition coefficient (Wildman–Crippen LogP) is 3.44. The van der Waals surface area contributed by atoms with Gasteiger partial charge in [0.1, 0.15) is 16.8 Å². The Hall–Kier alpha value is -3.21. The second-order valence-electron chi connectivity index (χ2n) is 9.06. The van der Waals surface area contributed by atoms with Gasteiger partial charge in [-0.05, 0) is 36.8 Å². The number of nitrogens with zero attached hydrogens (tertiary/aromatic N) is 1. The van der Waals surface area contributed by atoms with E-state index in [0.717, 1.165) is 0 Å². The van der Waals surface area contributed by atoms with Crippen LogP contribution in [0.3, 0.4) is 0 Å². The Balaban J connectivity index is 1.61. The second-order valence-corrected chi connectivity index (χ2v) is 12.4. The fourth-order valence-corrected chi connectivity index (χ4v) is 7.79. The second kappa shape index (κ2) is 8.47. The molecular formula is C25H24N2O6S2. The Morgan fingerprint density at radius 1 is 0.857 bits per heavy atom. The van der Waals surface area contributed by atoms with Crippen LogP contribution in [0.1, 0.15) is 31.4 Å². The lowest BCUT2D eigenvalue weighted by molar-refractivity contribution is -0.120. The molecule has 2 heterocycles. The smallest absolute Gasteiger partial charge is 0.339 e. The highest BCUT2D eigenvalue weighted by atomic mass is 32.2. The molecule has 1 N–H and O–H groups in total. The van der Waals surface area contributed by atoms with Crippen LogP contribution in [0.25, 0.3) is 0 Å². The molecule has 0 aromatic heterocycles. The summed E-state index contributed by atoms with van der Waals surface area (Å²) in [5.41, 5.74) is -0.258. The number of fused-ring (bicyclic) bond motifs is 1. The van der Waals surface area contributed by atoms with Crippen molar-refractivity contribution in [2.45, 2.75) is 41.8 Å². The zero-order valence-corrected chi connectivity index (χ0v) is 20.5. The lowest BCUT2D eigenvalue weighted by atomic mass is 9.83. The van der Waals surface area contributed by atoms with E-state index in [1.165, 1.54) is 34.6 Å². The number of rotatable bonds is 6. The number of carbonyl (C=O) groups excluding carboxylic acids is 1. The number of hydrogen-bond donors (Lipinski definition) is 1. The monoisotopic (exact) mass is 512 g/mol. The van der Waals surface area contributed by atoms with E-state index in [4.69, 9.17) is 4.18 Å². The number of hydrogen-bond acceptors (Lipinski definition) is 6. The predicted molar refractivity (Wildman–Crippen MR) is 128 cm³/mol. The Kier molecular flexibility index (Phi) is 5.70. The molecule has 182 valence electrons. The standard InChI is InChI=1S/C25H24N2O6S2/c1-25-16-21(20-14-8-9-15-22(20)33-35(31,32)19-12-6-3-7-13-19)27(24(25)26-23(28)17-25)34(29,30)18-10-4-2-5-11-18/h2-15,21,24H,16-17H2,1H3,(H,26,28)/t21-,24-,25+/m0/s1. The summed E-state index contributed by atoms with van der Waals surface area (Å²) in [5, 5.41) is 2.82. The van der Waals surface area contributed by atoms with Crippen LogP contribution in [0.15, 0.2) is 94.7 Å². The van der Waals surface area contributed by atoms with Gasteiger partial charge >= 0.3 is 10.1 Å². The van der Waals surface area contributed by atoms with Gasteiger partial charge in [0.25, 0.3) is 0 Å². The van der Waals surface area contributed by atoms with Crippen LogP contribution >= 0.6 is 0 Å². The zero-order valence-electron chi connectivity index (χ0n) is 18.9. The van der Waals surface area contributed by atoms with Gasteiger partial charge < -0.3 is 9.50 Å². The Bertz CT molecular complexity index is 1480. The summed E-state index contributed by atoms with van der Waals surface area (Å²) < 4.78 is 60.4. The SMILES string of the molecule is C[C@@]12CC(=O)N[C@H]1N(S(=O)(=O)c1ccccc1)[C@H](c1ccccc1OS(=O)(=O)c1ccccc1)C2. The van der Waals surface area contributed by atoms with Gasteiger partial charge in [-0.25, -0.2) is 8.42 Å². The Labute approximate surface area is 204 Å². The molecule has 0 bridgehead atoms. The molecule has 8 nitrogen and oxygen atoms in total. The highest BCUT2D eigenvalue weighted by molar-refractivity contribution is 7.89. The van der Waals surface area contributed by atoms with E-state index in [1.807, 2.05) is 6.92 Å². The molecule has 0 unspecified atom stereocenters. The van der Waals surface area contributed by atoms with Crippen molar-refractivity contribution >= 4 is 26.0 Å². The molecule has 0 aliphatic carbocycles. The minimum Gasteiger partial charge on any atom is -0.379 e. The van der Waals surface area contributed by atoms with Gasteiger partial charge in [0.05, 0.1) is 10.9 Å². The van der Waals surface area contributed by atoms with Gasteiger partial charge in [-0.2, -0.15) is 12.7 Å². The van der Waals surface area contributed by atoms with Crippen molar-refractivity contribution < 1.29 is 25.8 Å². The first kappa shape index (κ1) is 23.5. The summed E-state index contributed by atoms with van der Waals surface area (Å²) >= 11 is 0. The fraction of sp³-hybridized carbons (Fsp3) is 0.240. The molecule has 0 radical (unpaired) electrons. The van der Waals surface area contributed by atoms with E-state index in [9.17, 15) is 21.6 Å². The van der Waals surface area contributed by atoms with Gasteiger partial charge in [0.2, 0.25) is 15.9 Å². The third-order valence-electron chi connectivity index (χ3n) is 6.57. The Morgan fingerprint density at radius 2 is 1.43 bits per heavy atom. The van der Waals surface area contributed by atoms with Crippen LogP contribution in [0.5, 0.6) is 5.75 Å². The topological polar surface area (TPSA) is 110 Å². The van der Waals surface area contributed by atoms with E-state index in [2.05, 4.69) is 5.32 Å². The van der Waals surface area contributed by atoms with E-state index in [0.29, 0.717) is 12.0 Å². The molecule has 3 atom stereocenters. The molecule has 0 spiro atoms. The average Bonchev–Trinajstić information content (AvgIpc) is 3.28. The maximum atomic E-state index is 13.8. The summed E-state index contributed by atoms with van der Waals surface area (Å²) in [7, 11) is -8.20. The first-order chi connectivity index (χ1) is 16.6. The zero-order chi connectivity index (χ0) is 24.8. The summed E-state index contributed by atoms with van der Waals surface area (Å²) in [6, 6.07) is 21.5. The van der Waals surface area contributed by atoms with Crippen molar-refractivity contribution in [1.82, 2.24) is 9.62 Å². The quantitative estimate of drug-likeness (QED) is 0.507. The van der Waals surface area contributed by atoms with Crippen LogP contribution in [-0.4, -0.2) is 33.2 Å². The maximum absolute atomic E-state index is 13.8. The molecular weight excluding hydrogens is 488 g/mol. The third kappa shape index (κ3) is 4.11. The maximum Gasteiger partial charge on any atom is 0.339 e. The van der Waals surface area contributed by atoms with Crippen molar-refractivity contribution in [1.29, 1.82) is 0 Å². The van der Waals surface area contributed by atoms with Crippen molar-refractivity contribution in [3.63, 3.8) is 0 Å². The van der Waals surface area contributed by atoms with E-state index in [1.54, 1.807) is 54.6 Å². The van der Waals surface area contributed by atoms with Crippen molar-refractivity contribution in [2.24, 2.45) is 5.41 Å².